The molecule has 198 valence electrons. The number of hydrogen-bond donors (Lipinski definition) is 1. The molecule has 1 unspecified atom stereocenters. The predicted octanol–water partition coefficient (Wildman–Crippen LogP) is 7.42. The van der Waals surface area contributed by atoms with E-state index in [0.717, 1.165) is 64.9 Å². The van der Waals surface area contributed by atoms with Gasteiger partial charge in [0.15, 0.2) is 0 Å². The Morgan fingerprint density at radius 2 is 1.97 bits per heavy atom. The van der Waals surface area contributed by atoms with Crippen LogP contribution >= 0.6 is 0 Å². The number of fused-ring (bicyclic) bond motifs is 1. The van der Waals surface area contributed by atoms with Gasteiger partial charge in [-0.3, -0.25) is 9.79 Å². The number of benzene rings is 2. The molecule has 3 rings (SSSR count). The molecule has 0 radical (unpaired) electrons. The molecule has 1 atom stereocenters. The molecule has 1 aliphatic rings. The molecular weight excluding hydrogens is 470 g/mol. The number of aliphatic imine (C=N–C) groups is 1. The van der Waals surface area contributed by atoms with Crippen LogP contribution in [0.5, 0.6) is 0 Å². The van der Waals surface area contributed by atoms with E-state index in [4.69, 9.17) is 9.73 Å². The number of allylic oxidation sites excluding steroid dienone is 3. The Bertz CT molecular complexity index is 1260. The molecule has 1 N–H and O–H groups in total. The first-order valence-electron chi connectivity index (χ1n) is 13.6. The Hall–Kier alpha value is -3.75. The van der Waals surface area contributed by atoms with Crippen LogP contribution in [-0.4, -0.2) is 24.8 Å². The van der Waals surface area contributed by atoms with E-state index < -0.39 is 0 Å². The van der Waals surface area contributed by atoms with Gasteiger partial charge in [0.1, 0.15) is 0 Å². The van der Waals surface area contributed by atoms with Crippen LogP contribution in [0, 0.1) is 11.3 Å². The summed E-state index contributed by atoms with van der Waals surface area (Å²) in [7, 11) is 0. The van der Waals surface area contributed by atoms with Crippen LogP contribution in [0.15, 0.2) is 88.6 Å². The summed E-state index contributed by atoms with van der Waals surface area (Å²) >= 11 is 0. The van der Waals surface area contributed by atoms with Crippen LogP contribution in [0.25, 0.3) is 0 Å². The van der Waals surface area contributed by atoms with E-state index in [1.165, 1.54) is 0 Å². The molecule has 0 fully saturated rings. The first-order chi connectivity index (χ1) is 18.5. The fourth-order valence-electron chi connectivity index (χ4n) is 4.35. The van der Waals surface area contributed by atoms with Crippen LogP contribution < -0.4 is 5.32 Å². The predicted molar refractivity (Wildman–Crippen MR) is 155 cm³/mol. The number of nitrogens with one attached hydrogen (secondary N) is 1. The normalized spacial score (nSPS) is 16.6. The Kier molecular flexibility index (Phi) is 11.3. The van der Waals surface area contributed by atoms with E-state index in [2.05, 4.69) is 62.5 Å². The average molecular weight is 510 g/mol. The van der Waals surface area contributed by atoms with Gasteiger partial charge in [-0.25, -0.2) is 0 Å². The van der Waals surface area contributed by atoms with E-state index >= 15 is 0 Å². The third-order valence-corrected chi connectivity index (χ3v) is 6.69. The highest BCUT2D eigenvalue weighted by atomic mass is 16.5. The van der Waals surface area contributed by atoms with E-state index in [1.807, 2.05) is 37.3 Å². The van der Waals surface area contributed by atoms with Crippen molar-refractivity contribution in [3.05, 3.63) is 106 Å². The lowest BCUT2D eigenvalue weighted by molar-refractivity contribution is 0.0952. The zero-order valence-corrected chi connectivity index (χ0v) is 23.1. The van der Waals surface area contributed by atoms with Crippen molar-refractivity contribution in [3.8, 4) is 6.07 Å². The summed E-state index contributed by atoms with van der Waals surface area (Å²) in [6.07, 6.45) is 10.2. The van der Waals surface area contributed by atoms with Gasteiger partial charge in [-0.15, -0.1) is 0 Å². The average Bonchev–Trinajstić information content (AvgIpc) is 2.96. The van der Waals surface area contributed by atoms with Crippen LogP contribution in [0.1, 0.15) is 86.3 Å². The summed E-state index contributed by atoms with van der Waals surface area (Å²) in [6.45, 7) is 9.60. The number of nitrogens with zero attached hydrogens (tertiary/aromatic N) is 2. The molecule has 0 spiro atoms. The first-order valence-corrected chi connectivity index (χ1v) is 13.6. The SMILES string of the molecule is C\C=C(C)/C(=C\C(=C\CC)CNC(=O)c1ccc2c(c1)C(C#N)COC2)N=C(CCCC)c1ccccc1. The van der Waals surface area contributed by atoms with Crippen molar-refractivity contribution < 1.29 is 9.53 Å². The van der Waals surface area contributed by atoms with Gasteiger partial charge in [-0.2, -0.15) is 5.26 Å². The number of nitriles is 1. The topological polar surface area (TPSA) is 74.5 Å². The number of carbonyl (C=O) groups is 1. The highest BCUT2D eigenvalue weighted by molar-refractivity contribution is 6.01. The minimum atomic E-state index is -0.347. The van der Waals surface area contributed by atoms with Gasteiger partial charge < -0.3 is 10.1 Å². The lowest BCUT2D eigenvalue weighted by Gasteiger charge is -2.21. The zero-order chi connectivity index (χ0) is 27.3. The molecule has 5 nitrogen and oxygen atoms in total. The molecule has 2 aromatic rings. The standard InChI is InChI=1S/C33H39N3O2/c1-5-8-15-31(26-13-10-9-11-14-26)36-32(24(4)7-3)18-25(12-6-2)21-35-33(37)27-16-17-28-22-38-23-29(20-34)30(28)19-27/h7,9-14,16-19,29H,5-6,8,15,21-23H2,1-4H3,(H,35,37)/b24-7-,25-12-,32-18+,36-31?. The number of rotatable bonds is 11. The minimum absolute atomic E-state index is 0.160. The van der Waals surface area contributed by atoms with E-state index in [0.29, 0.717) is 25.3 Å². The molecule has 1 amide bonds. The van der Waals surface area contributed by atoms with Gasteiger partial charge in [0.05, 0.1) is 30.9 Å². The maximum absolute atomic E-state index is 13.1. The fourth-order valence-corrected chi connectivity index (χ4v) is 4.35. The van der Waals surface area contributed by atoms with Crippen LogP contribution in [0.2, 0.25) is 0 Å². The second kappa shape index (κ2) is 14.9. The molecule has 0 aliphatic carbocycles. The third-order valence-electron chi connectivity index (χ3n) is 6.69. The summed E-state index contributed by atoms with van der Waals surface area (Å²) in [5.41, 5.74) is 7.62. The monoisotopic (exact) mass is 509 g/mol. The van der Waals surface area contributed by atoms with Crippen molar-refractivity contribution in [1.82, 2.24) is 5.32 Å². The third kappa shape index (κ3) is 7.87. The minimum Gasteiger partial charge on any atom is -0.375 e. The molecule has 0 saturated heterocycles. The summed E-state index contributed by atoms with van der Waals surface area (Å²) in [5.74, 6) is -0.507. The Labute approximate surface area is 227 Å². The van der Waals surface area contributed by atoms with Gasteiger partial charge in [-0.1, -0.05) is 68.8 Å². The van der Waals surface area contributed by atoms with Crippen LogP contribution in [0.4, 0.5) is 0 Å². The lowest BCUT2D eigenvalue weighted by Crippen LogP contribution is -2.26. The second-order valence-corrected chi connectivity index (χ2v) is 9.51. The molecule has 0 saturated carbocycles. The smallest absolute Gasteiger partial charge is 0.251 e. The molecular formula is C33H39N3O2. The number of amides is 1. The fraction of sp³-hybridized carbons (Fsp3) is 0.364. The number of ether oxygens (including phenoxy) is 1. The van der Waals surface area contributed by atoms with Crippen LogP contribution in [0.3, 0.4) is 0 Å². The van der Waals surface area contributed by atoms with Crippen molar-refractivity contribution in [2.45, 2.75) is 65.9 Å². The summed E-state index contributed by atoms with van der Waals surface area (Å²) < 4.78 is 5.50. The highest BCUT2D eigenvalue weighted by Gasteiger charge is 2.22. The van der Waals surface area contributed by atoms with Crippen molar-refractivity contribution in [2.24, 2.45) is 4.99 Å². The summed E-state index contributed by atoms with van der Waals surface area (Å²) in [6, 6.07) is 18.2. The van der Waals surface area contributed by atoms with Crippen molar-refractivity contribution in [3.63, 3.8) is 0 Å². The van der Waals surface area contributed by atoms with Gasteiger partial charge >= 0.3 is 0 Å². The van der Waals surface area contributed by atoms with E-state index in [1.54, 1.807) is 6.07 Å². The van der Waals surface area contributed by atoms with Gasteiger partial charge in [-0.05, 0) is 79.2 Å². The Morgan fingerprint density at radius 1 is 1.18 bits per heavy atom. The molecule has 1 aliphatic heterocycles. The quantitative estimate of drug-likeness (QED) is 0.253. The Balaban J connectivity index is 1.86. The number of hydrogen-bond acceptors (Lipinski definition) is 4. The molecule has 0 aromatic heterocycles. The molecule has 0 bridgehead atoms. The van der Waals surface area contributed by atoms with Gasteiger partial charge in [0, 0.05) is 17.8 Å². The Morgan fingerprint density at radius 3 is 2.66 bits per heavy atom. The van der Waals surface area contributed by atoms with E-state index in [9.17, 15) is 10.1 Å². The largest absolute Gasteiger partial charge is 0.375 e. The number of unbranched alkanes of at least 4 members (excludes halogenated alkanes) is 1. The lowest BCUT2D eigenvalue weighted by atomic mass is 9.92. The second-order valence-electron chi connectivity index (χ2n) is 9.51. The van der Waals surface area contributed by atoms with Gasteiger partial charge in [0.25, 0.3) is 5.91 Å². The molecule has 5 heteroatoms. The van der Waals surface area contributed by atoms with E-state index in [-0.39, 0.29) is 11.8 Å². The summed E-state index contributed by atoms with van der Waals surface area (Å²) in [5, 5.41) is 12.5. The van der Waals surface area contributed by atoms with Gasteiger partial charge in [0.2, 0.25) is 0 Å². The highest BCUT2D eigenvalue weighted by Crippen LogP contribution is 2.27. The molecule has 38 heavy (non-hydrogen) atoms. The molecule has 1 heterocycles. The van der Waals surface area contributed by atoms with Crippen LogP contribution in [-0.2, 0) is 11.3 Å². The first kappa shape index (κ1) is 28.8. The maximum Gasteiger partial charge on any atom is 0.251 e. The number of carbonyl (C=O) groups excluding carboxylic acids is 1. The van der Waals surface area contributed by atoms with Crippen molar-refractivity contribution in [2.75, 3.05) is 13.2 Å². The maximum atomic E-state index is 13.1. The zero-order valence-electron chi connectivity index (χ0n) is 23.1. The molecule has 2 aromatic carbocycles. The van der Waals surface area contributed by atoms with Crippen molar-refractivity contribution >= 4 is 11.6 Å². The van der Waals surface area contributed by atoms with Crippen molar-refractivity contribution in [1.29, 1.82) is 5.26 Å². The summed E-state index contributed by atoms with van der Waals surface area (Å²) in [4.78, 5) is 18.2.